The number of nitrogens with one attached hydrogen (secondary N) is 2. The lowest BCUT2D eigenvalue weighted by atomic mass is 9.99. The molecule has 0 aliphatic carbocycles. The highest BCUT2D eigenvalue weighted by Crippen LogP contribution is 2.37. The van der Waals surface area contributed by atoms with Gasteiger partial charge in [-0.05, 0) is 51.4 Å². The summed E-state index contributed by atoms with van der Waals surface area (Å²) in [6.45, 7) is 19.8. The second-order valence-electron chi connectivity index (χ2n) is 11.7. The van der Waals surface area contributed by atoms with E-state index in [9.17, 15) is 4.79 Å². The molecule has 2 rings (SSSR count). The van der Waals surface area contributed by atoms with E-state index in [1.54, 1.807) is 13.8 Å². The van der Waals surface area contributed by atoms with Crippen molar-refractivity contribution in [3.63, 3.8) is 0 Å². The van der Waals surface area contributed by atoms with Crippen LogP contribution in [0, 0.1) is 17.8 Å². The molecule has 0 saturated heterocycles. The maximum atomic E-state index is 12.8. The fourth-order valence-corrected chi connectivity index (χ4v) is 5.29. The van der Waals surface area contributed by atoms with Gasteiger partial charge in [0.25, 0.3) is 0 Å². The third-order valence-electron chi connectivity index (χ3n) is 5.58. The first-order valence-corrected chi connectivity index (χ1v) is 14.9. The van der Waals surface area contributed by atoms with Crippen molar-refractivity contribution in [2.75, 3.05) is 42.1 Å². The second-order valence-corrected chi connectivity index (χ2v) is 13.1. The lowest BCUT2D eigenvalue weighted by Crippen LogP contribution is -2.46. The maximum absolute atomic E-state index is 12.8. The average molecular weight is 554 g/mol. The van der Waals surface area contributed by atoms with Crippen LogP contribution in [0.1, 0.15) is 75.2 Å². The molecule has 0 amide bonds. The van der Waals surface area contributed by atoms with Gasteiger partial charge in [0.1, 0.15) is 23.9 Å². The minimum Gasteiger partial charge on any atom is -0.464 e. The van der Waals surface area contributed by atoms with Crippen molar-refractivity contribution >= 4 is 37.3 Å². The number of anilines is 3. The van der Waals surface area contributed by atoms with E-state index in [1.807, 2.05) is 20.8 Å². The third kappa shape index (κ3) is 10.5. The third-order valence-corrected chi connectivity index (χ3v) is 7.05. The number of carbonyl (C=O) groups is 1. The minimum atomic E-state index is -1.44. The number of nitrogens with two attached hydrogens (primary N) is 1. The zero-order chi connectivity index (χ0) is 28.5. The van der Waals surface area contributed by atoms with E-state index in [0.29, 0.717) is 37.5 Å². The summed E-state index contributed by atoms with van der Waals surface area (Å²) in [5, 5.41) is 11.1. The Morgan fingerprint density at radius 3 is 2.42 bits per heavy atom. The Morgan fingerprint density at radius 1 is 1.16 bits per heavy atom. The lowest BCUT2D eigenvalue weighted by molar-refractivity contribution is -0.150. The molecule has 0 bridgehead atoms. The molecule has 0 fully saturated rings. The summed E-state index contributed by atoms with van der Waals surface area (Å²) in [4.78, 5) is 23.3. The van der Waals surface area contributed by atoms with Crippen LogP contribution in [0.2, 0.25) is 0 Å². The first kappa shape index (κ1) is 32.0. The van der Waals surface area contributed by atoms with Crippen molar-refractivity contribution in [2.45, 2.75) is 86.8 Å². The van der Waals surface area contributed by atoms with Crippen molar-refractivity contribution in [3.8, 4) is 0 Å². The standard InChI is InChI=1S/C26H48N7O4P/c1-17(2)10-21(11-18(3)4)31-37-38(32-26(8,9)25(34)35-13-19(5)6)16-36-20(7)12-33-15-30-22-23(27)28-14-29-24(22)33/h14,17-20,30,32H,10-13,15-16H2,1-9H3,(H2,27,28,29)/t20-,38?/m1/s1. The van der Waals surface area contributed by atoms with Gasteiger partial charge in [-0.3, -0.25) is 4.79 Å². The van der Waals surface area contributed by atoms with Crippen LogP contribution in [-0.2, 0) is 18.9 Å². The van der Waals surface area contributed by atoms with Crippen molar-refractivity contribution in [1.29, 1.82) is 0 Å². The number of esters is 1. The first-order valence-electron chi connectivity index (χ1n) is 13.4. The maximum Gasteiger partial charge on any atom is 0.326 e. The van der Waals surface area contributed by atoms with Crippen LogP contribution in [-0.4, -0.2) is 59.5 Å². The molecule has 1 aromatic heterocycles. The minimum absolute atomic E-state index is 0.153. The van der Waals surface area contributed by atoms with E-state index >= 15 is 0 Å². The molecule has 1 unspecified atom stereocenters. The number of ether oxygens (including phenoxy) is 2. The number of fused-ring (bicyclic) bond motifs is 1. The molecule has 1 aliphatic heterocycles. The highest BCUT2D eigenvalue weighted by Gasteiger charge is 2.34. The van der Waals surface area contributed by atoms with Gasteiger partial charge in [0.2, 0.25) is 8.30 Å². The van der Waals surface area contributed by atoms with Gasteiger partial charge in [-0.1, -0.05) is 46.7 Å². The van der Waals surface area contributed by atoms with Gasteiger partial charge in [-0.2, -0.15) is 0 Å². The Kier molecular flexibility index (Phi) is 12.5. The Labute approximate surface area is 229 Å². The second kappa shape index (κ2) is 14.8. The van der Waals surface area contributed by atoms with Gasteiger partial charge < -0.3 is 30.0 Å². The van der Waals surface area contributed by atoms with E-state index in [1.165, 1.54) is 6.33 Å². The van der Waals surface area contributed by atoms with Gasteiger partial charge in [0, 0.05) is 6.54 Å². The summed E-state index contributed by atoms with van der Waals surface area (Å²) in [5.41, 5.74) is 6.74. The highest BCUT2D eigenvalue weighted by atomic mass is 31.2. The molecule has 38 heavy (non-hydrogen) atoms. The average Bonchev–Trinajstić information content (AvgIpc) is 3.22. The number of carbonyl (C=O) groups excluding carboxylic acids is 1. The van der Waals surface area contributed by atoms with E-state index in [4.69, 9.17) is 19.8 Å². The molecule has 4 N–H and O–H groups in total. The summed E-state index contributed by atoms with van der Waals surface area (Å²) in [5.74, 6) is 2.03. The highest BCUT2D eigenvalue weighted by molar-refractivity contribution is 7.50. The lowest BCUT2D eigenvalue weighted by Gasteiger charge is -2.29. The summed E-state index contributed by atoms with van der Waals surface area (Å²) < 4.78 is 17.8. The fraction of sp³-hybridized carbons (Fsp3) is 0.769. The number of oxime groups is 1. The molecule has 0 aromatic carbocycles. The van der Waals surface area contributed by atoms with Crippen LogP contribution in [0.5, 0.6) is 0 Å². The number of hydrogen-bond donors (Lipinski definition) is 3. The van der Waals surface area contributed by atoms with Crippen LogP contribution in [0.4, 0.5) is 17.3 Å². The van der Waals surface area contributed by atoms with Crippen molar-refractivity contribution in [3.05, 3.63) is 6.33 Å². The largest absolute Gasteiger partial charge is 0.464 e. The number of nitrogens with zero attached hydrogens (tertiary/aromatic N) is 4. The van der Waals surface area contributed by atoms with E-state index in [2.05, 4.69) is 58.1 Å². The molecule has 11 nitrogen and oxygen atoms in total. The molecule has 0 spiro atoms. The Bertz CT molecular complexity index is 915. The van der Waals surface area contributed by atoms with Crippen molar-refractivity contribution < 1.29 is 18.9 Å². The number of nitrogen functional groups attached to an aromatic ring is 1. The molecule has 2 heterocycles. The van der Waals surface area contributed by atoms with Gasteiger partial charge >= 0.3 is 5.97 Å². The Morgan fingerprint density at radius 2 is 1.82 bits per heavy atom. The molecule has 1 aliphatic rings. The van der Waals surface area contributed by atoms with Crippen LogP contribution >= 0.6 is 8.30 Å². The monoisotopic (exact) mass is 553 g/mol. The number of aromatic nitrogens is 2. The normalized spacial score (nSPS) is 14.9. The van der Waals surface area contributed by atoms with Crippen molar-refractivity contribution in [2.24, 2.45) is 22.9 Å². The zero-order valence-electron chi connectivity index (χ0n) is 24.6. The topological polar surface area (TPSA) is 136 Å². The molecular formula is C26H48N7O4P. The van der Waals surface area contributed by atoms with E-state index in [0.717, 1.165) is 30.1 Å². The summed E-state index contributed by atoms with van der Waals surface area (Å²) in [6, 6.07) is 0. The van der Waals surface area contributed by atoms with Gasteiger partial charge in [0.15, 0.2) is 11.6 Å². The SMILES string of the molecule is CC(C)COC(=O)C(C)(C)NP(CO[C@H](C)CN1CNc2c(N)ncnc21)ON=C(CC(C)C)CC(C)C. The van der Waals surface area contributed by atoms with Crippen molar-refractivity contribution in [1.82, 2.24) is 15.1 Å². The predicted octanol–water partition coefficient (Wildman–Crippen LogP) is 4.95. The molecule has 0 saturated carbocycles. The molecule has 2 atom stereocenters. The fourth-order valence-electron chi connectivity index (χ4n) is 3.82. The Hall–Kier alpha value is -2.23. The summed E-state index contributed by atoms with van der Waals surface area (Å²) in [7, 11) is -1.44. The van der Waals surface area contributed by atoms with Crippen LogP contribution < -0.4 is 21.0 Å². The summed E-state index contributed by atoms with van der Waals surface area (Å²) in [6.07, 6.45) is 3.26. The quantitative estimate of drug-likeness (QED) is 0.112. The molecule has 216 valence electrons. The van der Waals surface area contributed by atoms with Gasteiger partial charge in [0.05, 0.1) is 25.1 Å². The first-order chi connectivity index (χ1) is 17.8. The van der Waals surface area contributed by atoms with Crippen LogP contribution in [0.3, 0.4) is 0 Å². The predicted molar refractivity (Wildman–Crippen MR) is 155 cm³/mol. The molecule has 0 radical (unpaired) electrons. The number of rotatable bonds is 16. The smallest absolute Gasteiger partial charge is 0.326 e. The summed E-state index contributed by atoms with van der Waals surface area (Å²) >= 11 is 0. The van der Waals surface area contributed by atoms with Gasteiger partial charge in [-0.15, -0.1) is 0 Å². The molecule has 12 heteroatoms. The molecular weight excluding hydrogens is 505 g/mol. The Balaban J connectivity index is 2.09. The number of hydrogen-bond acceptors (Lipinski definition) is 11. The van der Waals surface area contributed by atoms with Gasteiger partial charge in [-0.25, -0.2) is 15.1 Å². The van der Waals surface area contributed by atoms with Crippen LogP contribution in [0.25, 0.3) is 0 Å². The van der Waals surface area contributed by atoms with E-state index in [-0.39, 0.29) is 24.3 Å². The zero-order valence-corrected chi connectivity index (χ0v) is 25.5. The van der Waals surface area contributed by atoms with Crippen LogP contribution in [0.15, 0.2) is 11.5 Å². The molecule has 1 aromatic rings. The van der Waals surface area contributed by atoms with E-state index < -0.39 is 13.8 Å².